The van der Waals surface area contributed by atoms with Crippen LogP contribution >= 0.6 is 11.6 Å². The van der Waals surface area contributed by atoms with Gasteiger partial charge in [-0.3, -0.25) is 4.79 Å². The quantitative estimate of drug-likeness (QED) is 0.771. The smallest absolute Gasteiger partial charge is 0.223 e. The van der Waals surface area contributed by atoms with Crippen LogP contribution in [0.3, 0.4) is 0 Å². The summed E-state index contributed by atoms with van der Waals surface area (Å²) in [6.07, 6.45) is 7.66. The van der Waals surface area contributed by atoms with Gasteiger partial charge in [0.1, 0.15) is 0 Å². The molecule has 28 heavy (non-hydrogen) atoms. The highest BCUT2D eigenvalue weighted by Gasteiger charge is 2.52. The first-order valence-electron chi connectivity index (χ1n) is 10.4. The summed E-state index contributed by atoms with van der Waals surface area (Å²) in [5.41, 5.74) is 1.95. The van der Waals surface area contributed by atoms with Crippen LogP contribution in [-0.2, 0) is 4.79 Å². The number of carbonyl (C=O) groups excluding carboxylic acids is 1. The number of aromatic nitrogens is 1. The number of rotatable bonds is 3. The van der Waals surface area contributed by atoms with E-state index in [0.29, 0.717) is 18.3 Å². The monoisotopic (exact) mass is 395 g/mol. The Labute approximate surface area is 170 Å². The zero-order chi connectivity index (χ0) is 19.5. The van der Waals surface area contributed by atoms with Crippen LogP contribution in [-0.4, -0.2) is 28.4 Å². The Hall–Kier alpha value is -1.99. The SMILES string of the molecule is CC(CC(=O)N1CC2CC3CC1CC(C#N)(C3)C2)c1c[nH]c2cccc(Cl)c12. The summed E-state index contributed by atoms with van der Waals surface area (Å²) in [7, 11) is 0. The van der Waals surface area contributed by atoms with Gasteiger partial charge in [-0.25, -0.2) is 0 Å². The molecule has 0 spiro atoms. The molecule has 4 fully saturated rings. The summed E-state index contributed by atoms with van der Waals surface area (Å²) >= 11 is 6.43. The fourth-order valence-electron chi connectivity index (χ4n) is 6.38. The summed E-state index contributed by atoms with van der Waals surface area (Å²) < 4.78 is 0. The first-order chi connectivity index (χ1) is 13.5. The molecule has 1 N–H and O–H groups in total. The Morgan fingerprint density at radius 1 is 1.36 bits per heavy atom. The van der Waals surface area contributed by atoms with Crippen LogP contribution in [0.15, 0.2) is 24.4 Å². The summed E-state index contributed by atoms with van der Waals surface area (Å²) in [6.45, 7) is 2.95. The van der Waals surface area contributed by atoms with Crippen LogP contribution in [0.5, 0.6) is 0 Å². The highest BCUT2D eigenvalue weighted by molar-refractivity contribution is 6.35. The summed E-state index contributed by atoms with van der Waals surface area (Å²) in [6, 6.07) is 8.75. The Morgan fingerprint density at radius 3 is 3.00 bits per heavy atom. The molecular weight excluding hydrogens is 370 g/mol. The topological polar surface area (TPSA) is 59.9 Å². The molecule has 4 nitrogen and oxygen atoms in total. The molecule has 5 unspecified atom stereocenters. The molecule has 6 rings (SSSR count). The van der Waals surface area contributed by atoms with E-state index in [4.69, 9.17) is 11.6 Å². The van der Waals surface area contributed by atoms with Gasteiger partial charge in [-0.05, 0) is 67.6 Å². The normalized spacial score (nSPS) is 32.3. The van der Waals surface area contributed by atoms with Gasteiger partial charge < -0.3 is 9.88 Å². The maximum atomic E-state index is 13.3. The minimum absolute atomic E-state index is 0.101. The van der Waals surface area contributed by atoms with Gasteiger partial charge in [-0.2, -0.15) is 5.26 Å². The molecule has 2 aromatic rings. The van der Waals surface area contributed by atoms with Crippen molar-refractivity contribution >= 4 is 28.4 Å². The number of amides is 1. The average Bonchev–Trinajstić information content (AvgIpc) is 3.01. The lowest BCUT2D eigenvalue weighted by Gasteiger charge is -2.44. The zero-order valence-electron chi connectivity index (χ0n) is 16.2. The van der Waals surface area contributed by atoms with Crippen molar-refractivity contribution in [2.24, 2.45) is 17.3 Å². The molecule has 4 bridgehead atoms. The number of fused-ring (bicyclic) bond motifs is 2. The number of carbonyl (C=O) groups is 1. The number of aromatic amines is 1. The molecule has 1 aromatic carbocycles. The Balaban J connectivity index is 1.38. The van der Waals surface area contributed by atoms with Gasteiger partial charge in [0.05, 0.1) is 16.5 Å². The second-order valence-electron chi connectivity index (χ2n) is 9.42. The van der Waals surface area contributed by atoms with E-state index in [-0.39, 0.29) is 23.3 Å². The van der Waals surface area contributed by atoms with Crippen molar-refractivity contribution in [2.45, 2.75) is 57.4 Å². The number of nitriles is 1. The highest BCUT2D eigenvalue weighted by Crippen LogP contribution is 2.54. The number of nitrogens with one attached hydrogen (secondary N) is 1. The van der Waals surface area contributed by atoms with Crippen LogP contribution in [0.2, 0.25) is 5.02 Å². The van der Waals surface area contributed by atoms with Crippen LogP contribution in [0.4, 0.5) is 0 Å². The van der Waals surface area contributed by atoms with Crippen LogP contribution in [0, 0.1) is 28.6 Å². The van der Waals surface area contributed by atoms with E-state index < -0.39 is 0 Å². The molecule has 146 valence electrons. The molecule has 5 atom stereocenters. The Morgan fingerprint density at radius 2 is 2.18 bits per heavy atom. The third kappa shape index (κ3) is 2.83. The van der Waals surface area contributed by atoms with Crippen molar-refractivity contribution < 1.29 is 4.79 Å². The van der Waals surface area contributed by atoms with Crippen molar-refractivity contribution in [3.05, 3.63) is 35.0 Å². The van der Waals surface area contributed by atoms with E-state index in [2.05, 4.69) is 22.9 Å². The molecule has 2 aliphatic carbocycles. The number of H-pyrrole nitrogens is 1. The van der Waals surface area contributed by atoms with Crippen LogP contribution in [0.25, 0.3) is 10.9 Å². The van der Waals surface area contributed by atoms with Crippen molar-refractivity contribution in [2.75, 3.05) is 6.54 Å². The van der Waals surface area contributed by atoms with Crippen LogP contribution < -0.4 is 0 Å². The maximum absolute atomic E-state index is 13.3. The molecule has 2 saturated carbocycles. The van der Waals surface area contributed by atoms with E-state index >= 15 is 0 Å². The molecule has 1 amide bonds. The Bertz CT molecular complexity index is 976. The van der Waals surface area contributed by atoms with Crippen molar-refractivity contribution in [3.8, 4) is 6.07 Å². The standard InChI is InChI=1S/C23H26ClN3O/c1-14(18-11-26-20-4-2-3-19(24)22(18)20)5-21(28)27-12-16-6-15-7-17(27)10-23(8-15,9-16)13-25/h2-4,11,14-17,26H,5-10,12H2,1H3. The molecule has 3 heterocycles. The number of hydrogen-bond donors (Lipinski definition) is 1. The fraction of sp³-hybridized carbons (Fsp3) is 0.565. The lowest BCUT2D eigenvalue weighted by atomic mass is 9.60. The van der Waals surface area contributed by atoms with Gasteiger partial charge in [0, 0.05) is 36.1 Å². The summed E-state index contributed by atoms with van der Waals surface area (Å²) in [4.78, 5) is 18.8. The minimum atomic E-state index is -0.179. The van der Waals surface area contributed by atoms with Gasteiger partial charge in [0.25, 0.3) is 0 Å². The number of nitrogens with zero attached hydrogens (tertiary/aromatic N) is 2. The highest BCUT2D eigenvalue weighted by atomic mass is 35.5. The lowest BCUT2D eigenvalue weighted by Crippen LogP contribution is -2.44. The zero-order valence-corrected chi connectivity index (χ0v) is 17.0. The lowest BCUT2D eigenvalue weighted by molar-refractivity contribution is -0.134. The van der Waals surface area contributed by atoms with Crippen molar-refractivity contribution in [1.29, 1.82) is 5.26 Å². The summed E-state index contributed by atoms with van der Waals surface area (Å²) in [5, 5.41) is 11.6. The fourth-order valence-corrected chi connectivity index (χ4v) is 6.67. The molecule has 2 aliphatic heterocycles. The third-order valence-electron chi connectivity index (χ3n) is 7.41. The van der Waals surface area contributed by atoms with Gasteiger partial charge >= 0.3 is 0 Å². The minimum Gasteiger partial charge on any atom is -0.361 e. The predicted molar refractivity (Wildman–Crippen MR) is 110 cm³/mol. The third-order valence-corrected chi connectivity index (χ3v) is 7.72. The van der Waals surface area contributed by atoms with E-state index in [1.54, 1.807) is 0 Å². The Kier molecular flexibility index (Phi) is 4.21. The largest absolute Gasteiger partial charge is 0.361 e. The number of benzene rings is 1. The van der Waals surface area contributed by atoms with E-state index in [1.807, 2.05) is 24.4 Å². The number of hydrogen-bond acceptors (Lipinski definition) is 2. The molecule has 1 aromatic heterocycles. The van der Waals surface area contributed by atoms with Gasteiger partial charge in [-0.15, -0.1) is 0 Å². The summed E-state index contributed by atoms with van der Waals surface area (Å²) in [5.74, 6) is 1.45. The second-order valence-corrected chi connectivity index (χ2v) is 9.83. The van der Waals surface area contributed by atoms with Gasteiger partial charge in [0.15, 0.2) is 0 Å². The molecule has 4 aliphatic rings. The predicted octanol–water partition coefficient (Wildman–Crippen LogP) is 5.25. The van der Waals surface area contributed by atoms with Crippen LogP contribution in [0.1, 0.15) is 56.9 Å². The van der Waals surface area contributed by atoms with E-state index in [9.17, 15) is 10.1 Å². The van der Waals surface area contributed by atoms with Gasteiger partial charge in [0.2, 0.25) is 5.91 Å². The molecule has 0 radical (unpaired) electrons. The molecular formula is C23H26ClN3O. The molecule has 5 heteroatoms. The van der Waals surface area contributed by atoms with Crippen molar-refractivity contribution in [1.82, 2.24) is 9.88 Å². The maximum Gasteiger partial charge on any atom is 0.223 e. The molecule has 2 saturated heterocycles. The second kappa shape index (κ2) is 6.52. The average molecular weight is 396 g/mol. The van der Waals surface area contributed by atoms with E-state index in [0.717, 1.165) is 53.7 Å². The first kappa shape index (κ1) is 18.1. The van der Waals surface area contributed by atoms with Crippen molar-refractivity contribution in [3.63, 3.8) is 0 Å². The van der Waals surface area contributed by atoms with E-state index in [1.165, 1.54) is 6.42 Å². The number of halogens is 1. The van der Waals surface area contributed by atoms with Gasteiger partial charge in [-0.1, -0.05) is 24.6 Å². The first-order valence-corrected chi connectivity index (χ1v) is 10.8.